The van der Waals surface area contributed by atoms with Crippen LogP contribution < -0.4 is 5.32 Å². The Hall–Kier alpha value is -0.730. The second-order valence-corrected chi connectivity index (χ2v) is 4.59. The first-order valence-electron chi connectivity index (χ1n) is 5.43. The van der Waals surface area contributed by atoms with Crippen LogP contribution in [-0.2, 0) is 0 Å². The molecular weight excluding hydrogens is 164 g/mol. The first kappa shape index (κ1) is 7.65. The van der Waals surface area contributed by atoms with Crippen LogP contribution in [0.4, 0.5) is 4.79 Å². The molecule has 0 bridgehead atoms. The van der Waals surface area contributed by atoms with Crippen molar-refractivity contribution in [2.24, 2.45) is 0 Å². The van der Waals surface area contributed by atoms with Crippen LogP contribution in [0.25, 0.3) is 0 Å². The third kappa shape index (κ3) is 1.64. The van der Waals surface area contributed by atoms with Crippen molar-refractivity contribution < 1.29 is 4.79 Å². The van der Waals surface area contributed by atoms with Gasteiger partial charge in [-0.3, -0.25) is 0 Å². The van der Waals surface area contributed by atoms with E-state index in [0.29, 0.717) is 18.1 Å². The van der Waals surface area contributed by atoms with Crippen molar-refractivity contribution in [3.8, 4) is 0 Å². The zero-order valence-corrected chi connectivity index (χ0v) is 7.83. The van der Waals surface area contributed by atoms with E-state index in [9.17, 15) is 4.79 Å². The molecule has 1 N–H and O–H groups in total. The average Bonchev–Trinajstić information content (AvgIpc) is 2.95. The SMILES string of the molecule is O=C(NC1CC1)N(C1CC1)C1CC1. The second kappa shape index (κ2) is 2.63. The molecule has 0 radical (unpaired) electrons. The third-order valence-electron chi connectivity index (χ3n) is 3.02. The summed E-state index contributed by atoms with van der Waals surface area (Å²) in [7, 11) is 0. The van der Waals surface area contributed by atoms with Gasteiger partial charge in [0.2, 0.25) is 0 Å². The van der Waals surface area contributed by atoms with Gasteiger partial charge in [-0.05, 0) is 38.5 Å². The van der Waals surface area contributed by atoms with E-state index in [1.54, 1.807) is 0 Å². The van der Waals surface area contributed by atoms with Gasteiger partial charge < -0.3 is 10.2 Å². The zero-order chi connectivity index (χ0) is 8.84. The average molecular weight is 180 g/mol. The minimum absolute atomic E-state index is 0.215. The fourth-order valence-corrected chi connectivity index (χ4v) is 1.81. The molecule has 3 nitrogen and oxygen atoms in total. The summed E-state index contributed by atoms with van der Waals surface area (Å²) < 4.78 is 0. The van der Waals surface area contributed by atoms with Gasteiger partial charge in [0.1, 0.15) is 0 Å². The molecule has 3 heteroatoms. The normalized spacial score (nSPS) is 27.1. The van der Waals surface area contributed by atoms with Gasteiger partial charge in [-0.25, -0.2) is 4.79 Å². The Morgan fingerprint density at radius 3 is 1.92 bits per heavy atom. The van der Waals surface area contributed by atoms with Crippen molar-refractivity contribution in [1.29, 1.82) is 0 Å². The number of hydrogen-bond acceptors (Lipinski definition) is 1. The molecule has 3 aliphatic rings. The maximum absolute atomic E-state index is 11.8. The van der Waals surface area contributed by atoms with E-state index in [0.717, 1.165) is 0 Å². The first-order chi connectivity index (χ1) is 6.34. The van der Waals surface area contributed by atoms with Crippen molar-refractivity contribution in [2.45, 2.75) is 56.7 Å². The molecule has 0 atom stereocenters. The van der Waals surface area contributed by atoms with Gasteiger partial charge in [-0.2, -0.15) is 0 Å². The van der Waals surface area contributed by atoms with Gasteiger partial charge >= 0.3 is 6.03 Å². The van der Waals surface area contributed by atoms with Crippen molar-refractivity contribution in [3.05, 3.63) is 0 Å². The number of hydrogen-bond donors (Lipinski definition) is 1. The zero-order valence-electron chi connectivity index (χ0n) is 7.83. The maximum Gasteiger partial charge on any atom is 0.318 e. The highest BCUT2D eigenvalue weighted by atomic mass is 16.2. The molecule has 0 aromatic carbocycles. The number of carbonyl (C=O) groups excluding carboxylic acids is 1. The Balaban J connectivity index is 1.60. The predicted octanol–water partition coefficient (Wildman–Crippen LogP) is 1.49. The molecule has 3 aliphatic carbocycles. The molecule has 3 fully saturated rings. The van der Waals surface area contributed by atoms with Crippen LogP contribution in [0.1, 0.15) is 38.5 Å². The standard InChI is InChI=1S/C10H16N2O/c13-10(11-7-1-2-7)12(8-3-4-8)9-5-6-9/h7-9H,1-6H2,(H,11,13). The number of nitrogens with zero attached hydrogens (tertiary/aromatic N) is 1. The summed E-state index contributed by atoms with van der Waals surface area (Å²) in [6.07, 6.45) is 7.30. The molecule has 0 spiro atoms. The van der Waals surface area contributed by atoms with E-state index in [2.05, 4.69) is 10.2 Å². The van der Waals surface area contributed by atoms with Gasteiger partial charge in [-0.1, -0.05) is 0 Å². The second-order valence-electron chi connectivity index (χ2n) is 4.59. The molecule has 2 amide bonds. The minimum Gasteiger partial charge on any atom is -0.335 e. The predicted molar refractivity (Wildman–Crippen MR) is 49.4 cm³/mol. The molecule has 0 aromatic heterocycles. The van der Waals surface area contributed by atoms with Crippen molar-refractivity contribution in [1.82, 2.24) is 10.2 Å². The Morgan fingerprint density at radius 1 is 1.00 bits per heavy atom. The lowest BCUT2D eigenvalue weighted by Crippen LogP contribution is -2.43. The molecule has 0 aliphatic heterocycles. The highest BCUT2D eigenvalue weighted by molar-refractivity contribution is 5.76. The summed E-state index contributed by atoms with van der Waals surface area (Å²) in [5, 5.41) is 3.08. The van der Waals surface area contributed by atoms with Crippen LogP contribution in [0.15, 0.2) is 0 Å². The fraction of sp³-hybridized carbons (Fsp3) is 0.900. The summed E-state index contributed by atoms with van der Waals surface area (Å²) in [6, 6.07) is 1.90. The van der Waals surface area contributed by atoms with Gasteiger partial charge in [0.25, 0.3) is 0 Å². The monoisotopic (exact) mass is 180 g/mol. The largest absolute Gasteiger partial charge is 0.335 e. The fourth-order valence-electron chi connectivity index (χ4n) is 1.81. The van der Waals surface area contributed by atoms with E-state index < -0.39 is 0 Å². The highest BCUT2D eigenvalue weighted by Crippen LogP contribution is 2.37. The van der Waals surface area contributed by atoms with Gasteiger partial charge in [0.05, 0.1) is 0 Å². The summed E-state index contributed by atoms with van der Waals surface area (Å²) in [5.41, 5.74) is 0. The van der Waals surface area contributed by atoms with E-state index in [1.165, 1.54) is 38.5 Å². The number of urea groups is 1. The van der Waals surface area contributed by atoms with Crippen molar-refractivity contribution in [2.75, 3.05) is 0 Å². The van der Waals surface area contributed by atoms with Crippen molar-refractivity contribution >= 4 is 6.03 Å². The molecule has 0 unspecified atom stereocenters. The first-order valence-corrected chi connectivity index (χ1v) is 5.43. The Labute approximate surface area is 78.5 Å². The lowest BCUT2D eigenvalue weighted by Gasteiger charge is -2.22. The number of rotatable bonds is 3. The third-order valence-corrected chi connectivity index (χ3v) is 3.02. The quantitative estimate of drug-likeness (QED) is 0.701. The van der Waals surface area contributed by atoms with E-state index in [1.807, 2.05) is 0 Å². The van der Waals surface area contributed by atoms with Crippen LogP contribution in [-0.4, -0.2) is 29.1 Å². The number of nitrogens with one attached hydrogen (secondary N) is 1. The summed E-state index contributed by atoms with van der Waals surface area (Å²) >= 11 is 0. The van der Waals surface area contributed by atoms with Crippen LogP contribution >= 0.6 is 0 Å². The van der Waals surface area contributed by atoms with E-state index in [-0.39, 0.29) is 6.03 Å². The van der Waals surface area contributed by atoms with Gasteiger partial charge in [0.15, 0.2) is 0 Å². The van der Waals surface area contributed by atoms with Crippen molar-refractivity contribution in [3.63, 3.8) is 0 Å². The summed E-state index contributed by atoms with van der Waals surface area (Å²) in [6.45, 7) is 0. The minimum atomic E-state index is 0.215. The highest BCUT2D eigenvalue weighted by Gasteiger charge is 2.43. The smallest absolute Gasteiger partial charge is 0.318 e. The number of amides is 2. The Bertz CT molecular complexity index is 217. The van der Waals surface area contributed by atoms with Crippen LogP contribution in [0.2, 0.25) is 0 Å². The molecular formula is C10H16N2O. The molecule has 3 rings (SSSR count). The summed E-state index contributed by atoms with van der Waals surface area (Å²) in [4.78, 5) is 13.9. The Kier molecular flexibility index (Phi) is 1.55. The summed E-state index contributed by atoms with van der Waals surface area (Å²) in [5.74, 6) is 0. The molecule has 13 heavy (non-hydrogen) atoms. The number of carbonyl (C=O) groups is 1. The van der Waals surface area contributed by atoms with E-state index in [4.69, 9.17) is 0 Å². The van der Waals surface area contributed by atoms with Crippen LogP contribution in [0.5, 0.6) is 0 Å². The molecule has 3 saturated carbocycles. The maximum atomic E-state index is 11.8. The lowest BCUT2D eigenvalue weighted by molar-refractivity contribution is 0.191. The van der Waals surface area contributed by atoms with Crippen LogP contribution in [0.3, 0.4) is 0 Å². The molecule has 0 saturated heterocycles. The molecule has 0 heterocycles. The lowest BCUT2D eigenvalue weighted by atomic mass is 10.5. The van der Waals surface area contributed by atoms with E-state index >= 15 is 0 Å². The Morgan fingerprint density at radius 2 is 1.54 bits per heavy atom. The van der Waals surface area contributed by atoms with Gasteiger partial charge in [-0.15, -0.1) is 0 Å². The molecule has 0 aromatic rings. The molecule has 72 valence electrons. The topological polar surface area (TPSA) is 32.3 Å². The van der Waals surface area contributed by atoms with Crippen LogP contribution in [0, 0.1) is 0 Å². The van der Waals surface area contributed by atoms with Gasteiger partial charge in [0, 0.05) is 18.1 Å².